The van der Waals surface area contributed by atoms with Crippen LogP contribution in [0.15, 0.2) is 12.4 Å². The Morgan fingerprint density at radius 2 is 2.47 bits per heavy atom. The van der Waals surface area contributed by atoms with Gasteiger partial charge in [-0.1, -0.05) is 0 Å². The molecule has 4 nitrogen and oxygen atoms in total. The van der Waals surface area contributed by atoms with Crippen LogP contribution in [0, 0.1) is 5.92 Å². The maximum absolute atomic E-state index is 5.65. The van der Waals surface area contributed by atoms with E-state index < -0.39 is 0 Å². The summed E-state index contributed by atoms with van der Waals surface area (Å²) in [5.74, 6) is 0.650. The minimum absolute atomic E-state index is 0.390. The Balaban J connectivity index is 1.87. The smallest absolute Gasteiger partial charge is 0.0590 e. The van der Waals surface area contributed by atoms with Crippen LogP contribution in [0.4, 0.5) is 0 Å². The molecule has 1 aliphatic rings. The summed E-state index contributed by atoms with van der Waals surface area (Å²) in [5.41, 5.74) is 1.32. The van der Waals surface area contributed by atoms with Crippen LogP contribution in [0.3, 0.4) is 0 Å². The molecule has 1 aromatic rings. The second-order valence-electron chi connectivity index (χ2n) is 4.98. The number of hydrogen-bond donors (Lipinski definition) is 1. The Kier molecular flexibility index (Phi) is 4.18. The normalized spacial score (nSPS) is 26.3. The number of rotatable bonds is 5. The molecule has 0 saturated carbocycles. The lowest BCUT2D eigenvalue weighted by molar-refractivity contribution is 0.0953. The third kappa shape index (κ3) is 3.07. The van der Waals surface area contributed by atoms with E-state index in [-0.39, 0.29) is 0 Å². The van der Waals surface area contributed by atoms with Crippen molar-refractivity contribution in [2.75, 3.05) is 13.7 Å². The van der Waals surface area contributed by atoms with Crippen molar-refractivity contribution in [3.05, 3.63) is 18.0 Å². The van der Waals surface area contributed by atoms with Crippen LogP contribution < -0.4 is 5.32 Å². The van der Waals surface area contributed by atoms with Gasteiger partial charge in [-0.3, -0.25) is 4.68 Å². The van der Waals surface area contributed by atoms with Crippen molar-refractivity contribution in [2.45, 2.75) is 38.3 Å². The molecule has 3 atom stereocenters. The predicted molar refractivity (Wildman–Crippen MR) is 67.9 cm³/mol. The molecule has 2 heterocycles. The molecule has 1 aliphatic heterocycles. The van der Waals surface area contributed by atoms with E-state index in [9.17, 15) is 0 Å². The molecule has 0 radical (unpaired) electrons. The number of hydrogen-bond acceptors (Lipinski definition) is 3. The molecular weight excluding hydrogens is 214 g/mol. The zero-order chi connectivity index (χ0) is 12.3. The van der Waals surface area contributed by atoms with Gasteiger partial charge < -0.3 is 10.1 Å². The van der Waals surface area contributed by atoms with Crippen LogP contribution in [0.25, 0.3) is 0 Å². The van der Waals surface area contributed by atoms with Crippen molar-refractivity contribution >= 4 is 0 Å². The Bertz CT molecular complexity index is 350. The first-order chi connectivity index (χ1) is 8.20. The number of aryl methyl sites for hydroxylation is 2. The van der Waals surface area contributed by atoms with Crippen LogP contribution in [0.2, 0.25) is 0 Å². The highest BCUT2D eigenvalue weighted by Crippen LogP contribution is 2.26. The predicted octanol–water partition coefficient (Wildman–Crippen LogP) is 1.37. The lowest BCUT2D eigenvalue weighted by atomic mass is 9.89. The highest BCUT2D eigenvalue weighted by Gasteiger charge is 2.30. The lowest BCUT2D eigenvalue weighted by Crippen LogP contribution is -2.37. The fourth-order valence-electron chi connectivity index (χ4n) is 2.77. The molecule has 17 heavy (non-hydrogen) atoms. The first-order valence-electron chi connectivity index (χ1n) is 6.47. The van der Waals surface area contributed by atoms with Gasteiger partial charge in [0.15, 0.2) is 0 Å². The standard InChI is InChI=1S/C13H23N3O/c1-10-12(6-7-17-10)13(14-2)5-4-11-8-15-16(3)9-11/h8-10,12-14H,4-7H2,1-3H3. The molecule has 1 aromatic heterocycles. The summed E-state index contributed by atoms with van der Waals surface area (Å²) in [4.78, 5) is 0. The Morgan fingerprint density at radius 1 is 1.65 bits per heavy atom. The van der Waals surface area contributed by atoms with Crippen molar-refractivity contribution in [3.63, 3.8) is 0 Å². The van der Waals surface area contributed by atoms with Gasteiger partial charge in [0.05, 0.1) is 12.3 Å². The largest absolute Gasteiger partial charge is 0.378 e. The summed E-state index contributed by atoms with van der Waals surface area (Å²) in [7, 11) is 4.02. The zero-order valence-electron chi connectivity index (χ0n) is 11.0. The average molecular weight is 237 g/mol. The molecule has 0 bridgehead atoms. The quantitative estimate of drug-likeness (QED) is 0.840. The number of nitrogens with zero attached hydrogens (tertiary/aromatic N) is 2. The molecule has 4 heteroatoms. The third-order valence-electron chi connectivity index (χ3n) is 3.82. The summed E-state index contributed by atoms with van der Waals surface area (Å²) in [6.07, 6.45) is 7.87. The van der Waals surface area contributed by atoms with Crippen LogP contribution in [-0.2, 0) is 18.2 Å². The molecule has 96 valence electrons. The highest BCUT2D eigenvalue weighted by atomic mass is 16.5. The molecular formula is C13H23N3O. The van der Waals surface area contributed by atoms with Gasteiger partial charge in [-0.05, 0) is 38.8 Å². The SMILES string of the molecule is CNC(CCc1cnn(C)c1)C1CCOC1C. The Labute approximate surface area is 103 Å². The van der Waals surface area contributed by atoms with Crippen LogP contribution in [-0.4, -0.2) is 35.6 Å². The summed E-state index contributed by atoms with van der Waals surface area (Å²) >= 11 is 0. The van der Waals surface area contributed by atoms with Gasteiger partial charge in [0.1, 0.15) is 0 Å². The fraction of sp³-hybridized carbons (Fsp3) is 0.769. The van der Waals surface area contributed by atoms with E-state index in [4.69, 9.17) is 4.74 Å². The second kappa shape index (κ2) is 5.65. The van der Waals surface area contributed by atoms with Crippen molar-refractivity contribution in [3.8, 4) is 0 Å². The molecule has 1 fully saturated rings. The van der Waals surface area contributed by atoms with E-state index >= 15 is 0 Å². The average Bonchev–Trinajstić information content (AvgIpc) is 2.90. The Hall–Kier alpha value is -0.870. The topological polar surface area (TPSA) is 39.1 Å². The molecule has 1 saturated heterocycles. The van der Waals surface area contributed by atoms with Crippen molar-refractivity contribution in [1.82, 2.24) is 15.1 Å². The maximum atomic E-state index is 5.65. The molecule has 0 spiro atoms. The summed E-state index contributed by atoms with van der Waals surface area (Å²) in [6, 6.07) is 0.549. The van der Waals surface area contributed by atoms with E-state index in [0.29, 0.717) is 18.1 Å². The van der Waals surface area contributed by atoms with Gasteiger partial charge in [0.2, 0.25) is 0 Å². The van der Waals surface area contributed by atoms with Crippen LogP contribution >= 0.6 is 0 Å². The third-order valence-corrected chi connectivity index (χ3v) is 3.82. The van der Waals surface area contributed by atoms with E-state index in [2.05, 4.69) is 30.6 Å². The van der Waals surface area contributed by atoms with E-state index in [1.807, 2.05) is 17.9 Å². The Morgan fingerprint density at radius 3 is 3.00 bits per heavy atom. The number of nitrogens with one attached hydrogen (secondary N) is 1. The molecule has 3 unspecified atom stereocenters. The minimum atomic E-state index is 0.390. The summed E-state index contributed by atoms with van der Waals surface area (Å²) < 4.78 is 7.51. The number of ether oxygens (including phenoxy) is 1. The monoisotopic (exact) mass is 237 g/mol. The fourth-order valence-corrected chi connectivity index (χ4v) is 2.77. The molecule has 0 aliphatic carbocycles. The van der Waals surface area contributed by atoms with E-state index in [1.54, 1.807) is 0 Å². The van der Waals surface area contributed by atoms with E-state index in [1.165, 1.54) is 12.0 Å². The van der Waals surface area contributed by atoms with Crippen molar-refractivity contribution < 1.29 is 4.74 Å². The van der Waals surface area contributed by atoms with Gasteiger partial charge in [0, 0.05) is 31.8 Å². The van der Waals surface area contributed by atoms with Gasteiger partial charge in [-0.25, -0.2) is 0 Å². The van der Waals surface area contributed by atoms with Gasteiger partial charge in [-0.2, -0.15) is 5.10 Å². The van der Waals surface area contributed by atoms with Gasteiger partial charge in [0.25, 0.3) is 0 Å². The highest BCUT2D eigenvalue weighted by molar-refractivity contribution is 5.04. The molecule has 0 aromatic carbocycles. The van der Waals surface area contributed by atoms with Crippen molar-refractivity contribution in [1.29, 1.82) is 0 Å². The van der Waals surface area contributed by atoms with Gasteiger partial charge >= 0.3 is 0 Å². The van der Waals surface area contributed by atoms with Gasteiger partial charge in [-0.15, -0.1) is 0 Å². The van der Waals surface area contributed by atoms with Crippen molar-refractivity contribution in [2.24, 2.45) is 13.0 Å². The zero-order valence-corrected chi connectivity index (χ0v) is 11.0. The summed E-state index contributed by atoms with van der Waals surface area (Å²) in [5, 5.41) is 7.65. The lowest BCUT2D eigenvalue weighted by Gasteiger charge is -2.25. The molecule has 2 rings (SSSR count). The molecule has 0 amide bonds. The van der Waals surface area contributed by atoms with Crippen LogP contribution in [0.5, 0.6) is 0 Å². The first-order valence-corrected chi connectivity index (χ1v) is 6.47. The summed E-state index contributed by atoms with van der Waals surface area (Å²) in [6.45, 7) is 3.10. The minimum Gasteiger partial charge on any atom is -0.378 e. The number of aromatic nitrogens is 2. The maximum Gasteiger partial charge on any atom is 0.0590 e. The van der Waals surface area contributed by atoms with Crippen LogP contribution in [0.1, 0.15) is 25.3 Å². The second-order valence-corrected chi connectivity index (χ2v) is 4.98. The first kappa shape index (κ1) is 12.6. The van der Waals surface area contributed by atoms with E-state index in [0.717, 1.165) is 19.4 Å². The molecule has 1 N–H and O–H groups in total.